The van der Waals surface area contributed by atoms with E-state index in [1.54, 1.807) is 23.5 Å². The first kappa shape index (κ1) is 17.5. The van der Waals surface area contributed by atoms with Crippen LogP contribution in [-0.4, -0.2) is 38.6 Å². The Balaban J connectivity index is 1.63. The van der Waals surface area contributed by atoms with Crippen LogP contribution in [0.15, 0.2) is 35.7 Å². The molecule has 1 saturated heterocycles. The summed E-state index contributed by atoms with van der Waals surface area (Å²) in [6, 6.07) is 9.73. The largest absolute Gasteiger partial charge is 0.331 e. The number of nitrogens with zero attached hydrogens (tertiary/aromatic N) is 2. The topological polar surface area (TPSA) is 57.7 Å². The van der Waals surface area contributed by atoms with Gasteiger partial charge in [-0.2, -0.15) is 0 Å². The SMILES string of the molecule is CS(=O)(=O)N1CCCc2cc(C(=O)N3CCCC3c3cccs3)ccc21. The number of rotatable bonds is 3. The fraction of sp³-hybridized carbons (Fsp3) is 0.421. The quantitative estimate of drug-likeness (QED) is 0.807. The Morgan fingerprint density at radius 2 is 2.04 bits per heavy atom. The maximum absolute atomic E-state index is 13.1. The molecule has 1 aromatic heterocycles. The second-order valence-corrected chi connectivity index (χ2v) is 9.84. The summed E-state index contributed by atoms with van der Waals surface area (Å²) in [5.41, 5.74) is 2.31. The summed E-state index contributed by atoms with van der Waals surface area (Å²) in [6.07, 6.45) is 4.83. The van der Waals surface area contributed by atoms with Crippen molar-refractivity contribution in [3.8, 4) is 0 Å². The zero-order valence-corrected chi connectivity index (χ0v) is 16.4. The second kappa shape index (κ2) is 6.70. The van der Waals surface area contributed by atoms with Crippen LogP contribution in [0.25, 0.3) is 0 Å². The third-order valence-corrected chi connectivity index (χ3v) is 7.34. The molecule has 2 aromatic rings. The molecule has 1 unspecified atom stereocenters. The number of carbonyl (C=O) groups is 1. The first-order chi connectivity index (χ1) is 12.4. The van der Waals surface area contributed by atoms with E-state index in [9.17, 15) is 13.2 Å². The van der Waals surface area contributed by atoms with Crippen LogP contribution in [0, 0.1) is 0 Å². The molecule has 5 nitrogen and oxygen atoms in total. The number of aryl methyl sites for hydroxylation is 1. The Morgan fingerprint density at radius 1 is 1.19 bits per heavy atom. The lowest BCUT2D eigenvalue weighted by Crippen LogP contribution is -2.35. The van der Waals surface area contributed by atoms with E-state index in [1.165, 1.54) is 15.4 Å². The van der Waals surface area contributed by atoms with Gasteiger partial charge in [-0.25, -0.2) is 8.42 Å². The predicted octanol–water partition coefficient (Wildman–Crippen LogP) is 3.44. The summed E-state index contributed by atoms with van der Waals surface area (Å²) >= 11 is 1.70. The summed E-state index contributed by atoms with van der Waals surface area (Å²) in [6.45, 7) is 1.28. The zero-order chi connectivity index (χ0) is 18.3. The van der Waals surface area contributed by atoms with Gasteiger partial charge in [0.15, 0.2) is 0 Å². The highest BCUT2D eigenvalue weighted by Gasteiger charge is 2.32. The van der Waals surface area contributed by atoms with Crippen molar-refractivity contribution in [2.45, 2.75) is 31.7 Å². The molecule has 0 spiro atoms. The molecule has 138 valence electrons. The van der Waals surface area contributed by atoms with Crippen molar-refractivity contribution in [1.29, 1.82) is 0 Å². The molecule has 1 aromatic carbocycles. The molecule has 0 saturated carbocycles. The van der Waals surface area contributed by atoms with E-state index >= 15 is 0 Å². The molecule has 26 heavy (non-hydrogen) atoms. The molecule has 0 N–H and O–H groups in total. The fourth-order valence-electron chi connectivity index (χ4n) is 3.99. The van der Waals surface area contributed by atoms with Gasteiger partial charge in [-0.3, -0.25) is 9.10 Å². The number of thiophene rings is 1. The van der Waals surface area contributed by atoms with Gasteiger partial charge in [0.1, 0.15) is 0 Å². The summed E-state index contributed by atoms with van der Waals surface area (Å²) in [5.74, 6) is 0.0418. The van der Waals surface area contributed by atoms with E-state index in [-0.39, 0.29) is 11.9 Å². The first-order valence-corrected chi connectivity index (χ1v) is 11.6. The lowest BCUT2D eigenvalue weighted by atomic mass is 10.00. The zero-order valence-electron chi connectivity index (χ0n) is 14.7. The van der Waals surface area contributed by atoms with E-state index < -0.39 is 10.0 Å². The number of sulfonamides is 1. The van der Waals surface area contributed by atoms with Gasteiger partial charge in [-0.15, -0.1) is 11.3 Å². The van der Waals surface area contributed by atoms with Gasteiger partial charge in [-0.05, 0) is 60.9 Å². The van der Waals surface area contributed by atoms with Gasteiger partial charge in [-0.1, -0.05) is 6.07 Å². The molecule has 1 atom stereocenters. The molecule has 2 aliphatic rings. The van der Waals surface area contributed by atoms with Crippen LogP contribution < -0.4 is 4.31 Å². The number of fused-ring (bicyclic) bond motifs is 1. The Morgan fingerprint density at radius 3 is 2.77 bits per heavy atom. The van der Waals surface area contributed by atoms with Crippen molar-refractivity contribution in [2.24, 2.45) is 0 Å². The molecule has 7 heteroatoms. The maximum Gasteiger partial charge on any atom is 0.254 e. The van der Waals surface area contributed by atoms with Crippen molar-refractivity contribution in [1.82, 2.24) is 4.90 Å². The van der Waals surface area contributed by atoms with Gasteiger partial charge in [0, 0.05) is 23.5 Å². The Kier molecular flexibility index (Phi) is 4.52. The molecule has 4 rings (SSSR count). The van der Waals surface area contributed by atoms with Crippen molar-refractivity contribution in [3.63, 3.8) is 0 Å². The number of likely N-dealkylation sites (tertiary alicyclic amines) is 1. The van der Waals surface area contributed by atoms with Gasteiger partial charge in [0.25, 0.3) is 5.91 Å². The summed E-state index contributed by atoms with van der Waals surface area (Å²) in [5, 5.41) is 2.05. The van der Waals surface area contributed by atoms with Crippen LogP contribution >= 0.6 is 11.3 Å². The van der Waals surface area contributed by atoms with Crippen LogP contribution in [0.1, 0.15) is 46.1 Å². The standard InChI is InChI=1S/C19H22N2O3S2/c1-26(23,24)21-11-2-5-14-13-15(8-9-16(14)21)19(22)20-10-3-6-17(20)18-7-4-12-25-18/h4,7-9,12-13,17H,2-3,5-6,10-11H2,1H3. The molecular formula is C19H22N2O3S2. The summed E-state index contributed by atoms with van der Waals surface area (Å²) in [7, 11) is -3.29. The summed E-state index contributed by atoms with van der Waals surface area (Å²) in [4.78, 5) is 16.3. The van der Waals surface area contributed by atoms with Crippen molar-refractivity contribution < 1.29 is 13.2 Å². The number of anilines is 1. The second-order valence-electron chi connectivity index (χ2n) is 6.95. The highest BCUT2D eigenvalue weighted by Crippen LogP contribution is 2.36. The molecule has 2 aliphatic heterocycles. The van der Waals surface area contributed by atoms with Crippen molar-refractivity contribution in [3.05, 3.63) is 51.7 Å². The number of hydrogen-bond donors (Lipinski definition) is 0. The average molecular weight is 391 g/mol. The van der Waals surface area contributed by atoms with Gasteiger partial charge >= 0.3 is 0 Å². The number of amides is 1. The molecule has 0 radical (unpaired) electrons. The third kappa shape index (κ3) is 3.14. The van der Waals surface area contributed by atoms with E-state index in [1.807, 2.05) is 17.0 Å². The molecule has 0 bridgehead atoms. The normalized spacial score (nSPS) is 20.3. The van der Waals surface area contributed by atoms with Crippen molar-refractivity contribution in [2.75, 3.05) is 23.7 Å². The molecular weight excluding hydrogens is 368 g/mol. The maximum atomic E-state index is 13.1. The Hall–Kier alpha value is -1.86. The van der Waals surface area contributed by atoms with E-state index in [0.717, 1.165) is 37.8 Å². The van der Waals surface area contributed by atoms with Crippen LogP contribution in [0.3, 0.4) is 0 Å². The number of benzene rings is 1. The number of carbonyl (C=O) groups excluding carboxylic acids is 1. The highest BCUT2D eigenvalue weighted by molar-refractivity contribution is 7.92. The molecule has 3 heterocycles. The molecule has 0 aliphatic carbocycles. The van der Waals surface area contributed by atoms with Gasteiger partial charge in [0.05, 0.1) is 18.0 Å². The minimum atomic E-state index is -3.29. The van der Waals surface area contributed by atoms with E-state index in [0.29, 0.717) is 17.8 Å². The van der Waals surface area contributed by atoms with Gasteiger partial charge in [0.2, 0.25) is 10.0 Å². The average Bonchev–Trinajstić information content (AvgIpc) is 3.30. The van der Waals surface area contributed by atoms with Crippen LogP contribution in [0.4, 0.5) is 5.69 Å². The van der Waals surface area contributed by atoms with Crippen LogP contribution in [0.5, 0.6) is 0 Å². The highest BCUT2D eigenvalue weighted by atomic mass is 32.2. The van der Waals surface area contributed by atoms with E-state index in [4.69, 9.17) is 0 Å². The molecule has 1 fully saturated rings. The monoisotopic (exact) mass is 390 g/mol. The molecule has 1 amide bonds. The van der Waals surface area contributed by atoms with Crippen LogP contribution in [-0.2, 0) is 16.4 Å². The first-order valence-electron chi connectivity index (χ1n) is 8.90. The van der Waals surface area contributed by atoms with Crippen LogP contribution in [0.2, 0.25) is 0 Å². The summed E-state index contributed by atoms with van der Waals surface area (Å²) < 4.78 is 25.5. The van der Waals surface area contributed by atoms with Crippen molar-refractivity contribution >= 4 is 33.0 Å². The Labute approximate surface area is 158 Å². The third-order valence-electron chi connectivity index (χ3n) is 5.19. The number of hydrogen-bond acceptors (Lipinski definition) is 4. The van der Waals surface area contributed by atoms with E-state index in [2.05, 4.69) is 11.4 Å². The fourth-order valence-corrected chi connectivity index (χ4v) is 5.86. The minimum Gasteiger partial charge on any atom is -0.331 e. The smallest absolute Gasteiger partial charge is 0.254 e. The minimum absolute atomic E-state index is 0.0418. The van der Waals surface area contributed by atoms with Gasteiger partial charge < -0.3 is 4.90 Å². The Bertz CT molecular complexity index is 922. The lowest BCUT2D eigenvalue weighted by Gasteiger charge is -2.30. The predicted molar refractivity (Wildman–Crippen MR) is 104 cm³/mol. The lowest BCUT2D eigenvalue weighted by molar-refractivity contribution is 0.0738.